The molecule has 3 aromatic rings. The van der Waals surface area contributed by atoms with Crippen LogP contribution in [-0.2, 0) is 11.3 Å². The van der Waals surface area contributed by atoms with Gasteiger partial charge in [0.25, 0.3) is 0 Å². The fourth-order valence-corrected chi connectivity index (χ4v) is 5.53. The Morgan fingerprint density at radius 2 is 1.79 bits per heavy atom. The van der Waals surface area contributed by atoms with Crippen molar-refractivity contribution >= 4 is 17.3 Å². The topological polar surface area (TPSA) is 45.6 Å². The molecule has 1 N–H and O–H groups in total. The average Bonchev–Trinajstić information content (AvgIpc) is 3.35. The molecule has 2 aromatic heterocycles. The molecule has 2 atom stereocenters. The largest absolute Gasteiger partial charge is 0.379 e. The number of pyridine rings is 1. The third kappa shape index (κ3) is 4.73. The zero-order valence-corrected chi connectivity index (χ0v) is 20.8. The predicted octanol–water partition coefficient (Wildman–Crippen LogP) is 3.85. The van der Waals surface area contributed by atoms with Gasteiger partial charge in [-0.3, -0.25) is 9.88 Å². The molecule has 4 heterocycles. The Morgan fingerprint density at radius 1 is 1.03 bits per heavy atom. The Balaban J connectivity index is 1.47. The highest BCUT2D eigenvalue weighted by Crippen LogP contribution is 2.40. The molecule has 1 aromatic carbocycles. The number of hydrogen-bond acceptors (Lipinski definition) is 4. The summed E-state index contributed by atoms with van der Waals surface area (Å²) in [7, 11) is 0. The smallest absolute Gasteiger partial charge is 0.170 e. The molecule has 0 aliphatic carbocycles. The molecular formula is C27H33N5OS. The third-order valence-corrected chi connectivity index (χ3v) is 7.43. The number of ether oxygens (including phenoxy) is 1. The predicted molar refractivity (Wildman–Crippen MR) is 139 cm³/mol. The van der Waals surface area contributed by atoms with E-state index in [1.807, 2.05) is 12.3 Å². The summed E-state index contributed by atoms with van der Waals surface area (Å²) in [6.07, 6.45) is 1.87. The van der Waals surface area contributed by atoms with Crippen molar-refractivity contribution in [1.29, 1.82) is 0 Å². The minimum Gasteiger partial charge on any atom is -0.379 e. The summed E-state index contributed by atoms with van der Waals surface area (Å²) >= 11 is 5.89. The van der Waals surface area contributed by atoms with Gasteiger partial charge in [0.1, 0.15) is 0 Å². The molecule has 0 saturated carbocycles. The summed E-state index contributed by atoms with van der Waals surface area (Å²) < 4.78 is 7.95. The van der Waals surface area contributed by atoms with Gasteiger partial charge in [-0.05, 0) is 55.4 Å². The van der Waals surface area contributed by atoms with Gasteiger partial charge in [-0.1, -0.05) is 36.4 Å². The van der Waals surface area contributed by atoms with Gasteiger partial charge in [-0.2, -0.15) is 0 Å². The zero-order valence-electron chi connectivity index (χ0n) is 20.0. The highest BCUT2D eigenvalue weighted by Gasteiger charge is 2.41. The van der Waals surface area contributed by atoms with Crippen molar-refractivity contribution in [3.8, 4) is 0 Å². The van der Waals surface area contributed by atoms with E-state index in [-0.39, 0.29) is 12.1 Å². The van der Waals surface area contributed by atoms with Crippen LogP contribution in [-0.4, -0.2) is 63.9 Å². The molecular weight excluding hydrogens is 442 g/mol. The number of rotatable bonds is 7. The van der Waals surface area contributed by atoms with Crippen LogP contribution in [0.5, 0.6) is 0 Å². The van der Waals surface area contributed by atoms with Gasteiger partial charge in [0, 0.05) is 50.3 Å². The second kappa shape index (κ2) is 10.3. The fourth-order valence-electron chi connectivity index (χ4n) is 5.20. The first-order valence-corrected chi connectivity index (χ1v) is 12.5. The number of aromatic nitrogens is 2. The lowest BCUT2D eigenvalue weighted by molar-refractivity contribution is 0.0350. The number of aryl methyl sites for hydroxylation is 1. The quantitative estimate of drug-likeness (QED) is 0.524. The molecule has 178 valence electrons. The van der Waals surface area contributed by atoms with E-state index in [0.29, 0.717) is 0 Å². The van der Waals surface area contributed by atoms with E-state index in [4.69, 9.17) is 21.9 Å². The molecule has 2 aliphatic rings. The second-order valence-electron chi connectivity index (χ2n) is 9.17. The molecule has 2 aliphatic heterocycles. The molecule has 2 fully saturated rings. The van der Waals surface area contributed by atoms with E-state index in [0.717, 1.165) is 56.7 Å². The van der Waals surface area contributed by atoms with Crippen LogP contribution >= 0.6 is 12.2 Å². The lowest BCUT2D eigenvalue weighted by Crippen LogP contribution is -2.42. The zero-order chi connectivity index (χ0) is 23.5. The van der Waals surface area contributed by atoms with Crippen molar-refractivity contribution in [3.05, 3.63) is 89.0 Å². The van der Waals surface area contributed by atoms with Crippen molar-refractivity contribution in [3.63, 3.8) is 0 Å². The van der Waals surface area contributed by atoms with Crippen LogP contribution < -0.4 is 5.32 Å². The molecule has 0 unspecified atom stereocenters. The Kier molecular flexibility index (Phi) is 6.94. The van der Waals surface area contributed by atoms with Gasteiger partial charge in [0.05, 0.1) is 31.0 Å². The number of benzene rings is 1. The summed E-state index contributed by atoms with van der Waals surface area (Å²) in [5, 5.41) is 4.41. The van der Waals surface area contributed by atoms with Gasteiger partial charge in [0.15, 0.2) is 5.11 Å². The first kappa shape index (κ1) is 23.0. The van der Waals surface area contributed by atoms with Crippen LogP contribution in [0.3, 0.4) is 0 Å². The molecule has 0 bridgehead atoms. The van der Waals surface area contributed by atoms with Crippen molar-refractivity contribution in [2.24, 2.45) is 0 Å². The molecule has 0 spiro atoms. The van der Waals surface area contributed by atoms with Gasteiger partial charge in [-0.25, -0.2) is 0 Å². The number of hydrogen-bond donors (Lipinski definition) is 1. The van der Waals surface area contributed by atoms with Crippen LogP contribution in [0, 0.1) is 13.8 Å². The minimum absolute atomic E-state index is 0.0177. The van der Waals surface area contributed by atoms with Crippen molar-refractivity contribution in [2.45, 2.75) is 32.5 Å². The van der Waals surface area contributed by atoms with Crippen LogP contribution in [0.2, 0.25) is 0 Å². The van der Waals surface area contributed by atoms with E-state index < -0.39 is 0 Å². The summed E-state index contributed by atoms with van der Waals surface area (Å²) in [4.78, 5) is 9.54. The number of nitrogens with one attached hydrogen (secondary N) is 1. The third-order valence-electron chi connectivity index (χ3n) is 7.07. The van der Waals surface area contributed by atoms with Gasteiger partial charge < -0.3 is 19.5 Å². The highest BCUT2D eigenvalue weighted by molar-refractivity contribution is 7.80. The van der Waals surface area contributed by atoms with Crippen LogP contribution in [0.4, 0.5) is 0 Å². The number of morpholine rings is 1. The van der Waals surface area contributed by atoms with E-state index in [1.54, 1.807) is 0 Å². The fraction of sp³-hybridized carbons (Fsp3) is 0.407. The second-order valence-corrected chi connectivity index (χ2v) is 9.56. The summed E-state index contributed by atoms with van der Waals surface area (Å²) in [5.74, 6) is 0. The monoisotopic (exact) mass is 475 g/mol. The Hall–Kier alpha value is -2.74. The van der Waals surface area contributed by atoms with Crippen LogP contribution in [0.1, 0.15) is 40.3 Å². The molecule has 7 heteroatoms. The Bertz CT molecular complexity index is 1110. The van der Waals surface area contributed by atoms with Crippen LogP contribution in [0.25, 0.3) is 0 Å². The maximum absolute atomic E-state index is 5.89. The van der Waals surface area contributed by atoms with Crippen molar-refractivity contribution in [1.82, 2.24) is 24.7 Å². The molecule has 34 heavy (non-hydrogen) atoms. The standard InChI is InChI=1S/C27H33N5OS/c1-20-18-23(21(2)32(20)19-22-8-4-3-5-9-22)26-25(24-10-6-7-11-28-24)29-27(34)31(26)13-12-30-14-16-33-17-15-30/h3-11,18,25-26H,12-17,19H2,1-2H3,(H,29,34)/t25-,26-/m1/s1. The minimum atomic E-state index is 0.0177. The maximum Gasteiger partial charge on any atom is 0.170 e. The first-order valence-electron chi connectivity index (χ1n) is 12.1. The molecule has 0 amide bonds. The maximum atomic E-state index is 5.89. The van der Waals surface area contributed by atoms with E-state index >= 15 is 0 Å². The molecule has 2 saturated heterocycles. The lowest BCUT2D eigenvalue weighted by atomic mass is 9.96. The summed E-state index contributed by atoms with van der Waals surface area (Å²) in [6, 6.07) is 19.2. The normalized spacial score (nSPS) is 21.1. The molecule has 6 nitrogen and oxygen atoms in total. The Morgan fingerprint density at radius 3 is 2.53 bits per heavy atom. The lowest BCUT2D eigenvalue weighted by Gasteiger charge is -2.32. The van der Waals surface area contributed by atoms with Crippen molar-refractivity contribution in [2.75, 3.05) is 39.4 Å². The Labute approximate surface area is 207 Å². The van der Waals surface area contributed by atoms with Gasteiger partial charge in [0.2, 0.25) is 0 Å². The van der Waals surface area contributed by atoms with E-state index in [9.17, 15) is 0 Å². The first-order chi connectivity index (χ1) is 16.6. The highest BCUT2D eigenvalue weighted by atomic mass is 32.1. The van der Waals surface area contributed by atoms with Crippen molar-refractivity contribution < 1.29 is 4.74 Å². The number of nitrogens with zero attached hydrogens (tertiary/aromatic N) is 4. The van der Waals surface area contributed by atoms with Gasteiger partial charge in [-0.15, -0.1) is 0 Å². The molecule has 5 rings (SSSR count). The average molecular weight is 476 g/mol. The van der Waals surface area contributed by atoms with Crippen LogP contribution in [0.15, 0.2) is 60.8 Å². The summed E-state index contributed by atoms with van der Waals surface area (Å²) in [5.41, 5.74) is 6.20. The van der Waals surface area contributed by atoms with Gasteiger partial charge >= 0.3 is 0 Å². The number of thiocarbonyl (C=S) groups is 1. The summed E-state index contributed by atoms with van der Waals surface area (Å²) in [6.45, 7) is 10.7. The molecule has 0 radical (unpaired) electrons. The van der Waals surface area contributed by atoms with E-state index in [1.165, 1.54) is 22.5 Å². The van der Waals surface area contributed by atoms with E-state index in [2.05, 4.69) is 82.1 Å². The SMILES string of the molecule is Cc1cc([C@@H]2[C@@H](c3ccccn3)NC(=S)N2CCN2CCOCC2)c(C)n1Cc1ccccc1.